The van der Waals surface area contributed by atoms with Crippen molar-refractivity contribution in [3.8, 4) is 5.75 Å². The van der Waals surface area contributed by atoms with Crippen LogP contribution in [0.25, 0.3) is 10.9 Å². The van der Waals surface area contributed by atoms with Gasteiger partial charge in [0.25, 0.3) is 0 Å². The largest absolute Gasteiger partial charge is 0.497 e. The van der Waals surface area contributed by atoms with Gasteiger partial charge in [-0.3, -0.25) is 0 Å². The molecule has 3 aromatic carbocycles. The van der Waals surface area contributed by atoms with E-state index in [0.29, 0.717) is 6.54 Å². The summed E-state index contributed by atoms with van der Waals surface area (Å²) in [7, 11) is 1.69. The van der Waals surface area contributed by atoms with Gasteiger partial charge in [0, 0.05) is 28.8 Å². The molecule has 5 nitrogen and oxygen atoms in total. The van der Waals surface area contributed by atoms with Crippen LogP contribution < -0.4 is 10.1 Å². The van der Waals surface area contributed by atoms with Crippen LogP contribution in [0.2, 0.25) is 0 Å². The summed E-state index contributed by atoms with van der Waals surface area (Å²) in [4.78, 5) is 19.1. The molecule has 33 heavy (non-hydrogen) atoms. The average molecular weight is 440 g/mol. The minimum absolute atomic E-state index is 0.0885. The van der Waals surface area contributed by atoms with Crippen molar-refractivity contribution in [2.75, 3.05) is 19.0 Å². The minimum atomic E-state index is -0.196. The lowest BCUT2D eigenvalue weighted by atomic mass is 9.92. The molecule has 1 unspecified atom stereocenters. The van der Waals surface area contributed by atoms with E-state index in [9.17, 15) is 4.79 Å². The van der Waals surface area contributed by atoms with Crippen LogP contribution in [0, 0.1) is 20.8 Å². The number of H-pyrrole nitrogens is 1. The highest BCUT2D eigenvalue weighted by Gasteiger charge is 2.34. The van der Waals surface area contributed by atoms with Crippen LogP contribution in [0.5, 0.6) is 5.75 Å². The number of nitrogens with one attached hydrogen (secondary N) is 2. The summed E-state index contributed by atoms with van der Waals surface area (Å²) < 4.78 is 5.46. The lowest BCUT2D eigenvalue weighted by Gasteiger charge is -2.36. The normalized spacial score (nSPS) is 15.4. The van der Waals surface area contributed by atoms with Crippen LogP contribution in [0.4, 0.5) is 10.5 Å². The highest BCUT2D eigenvalue weighted by atomic mass is 16.5. The zero-order valence-corrected chi connectivity index (χ0v) is 19.5. The molecule has 0 radical (unpaired) electrons. The smallest absolute Gasteiger partial charge is 0.322 e. The quantitative estimate of drug-likeness (QED) is 0.395. The number of methoxy groups -OCH3 is 1. The summed E-state index contributed by atoms with van der Waals surface area (Å²) in [5, 5.41) is 4.32. The summed E-state index contributed by atoms with van der Waals surface area (Å²) in [5.41, 5.74) is 8.77. The van der Waals surface area contributed by atoms with Crippen LogP contribution in [0.3, 0.4) is 0 Å². The standard InChI is InChI=1S/C28H29N3O2/c1-17-5-8-20(9-6-17)27-26-22(23-16-21(33-4)10-12-25(23)29-26)13-14-31(27)28(32)30-24-11-7-18(2)15-19(24)3/h5-12,15-16,27,29H,13-14H2,1-4H3,(H,30,32). The number of fused-ring (bicyclic) bond motifs is 3. The maximum Gasteiger partial charge on any atom is 0.322 e. The van der Waals surface area contributed by atoms with Gasteiger partial charge in [0.2, 0.25) is 0 Å². The second-order valence-corrected chi connectivity index (χ2v) is 8.93. The number of nitrogens with zero attached hydrogens (tertiary/aromatic N) is 1. The van der Waals surface area contributed by atoms with Crippen molar-refractivity contribution in [2.45, 2.75) is 33.2 Å². The number of amides is 2. The number of aromatic amines is 1. The van der Waals surface area contributed by atoms with Crippen molar-refractivity contribution >= 4 is 22.6 Å². The second kappa shape index (κ2) is 8.32. The zero-order chi connectivity index (χ0) is 23.1. The molecular formula is C28H29N3O2. The number of anilines is 1. The SMILES string of the molecule is COc1ccc2[nH]c3c(c2c1)CCN(C(=O)Nc1ccc(C)cc1C)C3c1ccc(C)cc1. The van der Waals surface area contributed by atoms with Crippen molar-refractivity contribution in [3.63, 3.8) is 0 Å². The molecule has 0 fully saturated rings. The summed E-state index contributed by atoms with van der Waals surface area (Å²) in [6.45, 7) is 6.80. The molecule has 4 aromatic rings. The van der Waals surface area contributed by atoms with E-state index in [0.717, 1.165) is 45.6 Å². The Bertz CT molecular complexity index is 1340. The van der Waals surface area contributed by atoms with Crippen LogP contribution in [-0.2, 0) is 6.42 Å². The molecular weight excluding hydrogens is 410 g/mol. The molecule has 2 N–H and O–H groups in total. The fourth-order valence-corrected chi connectivity index (χ4v) is 4.85. The molecule has 0 bridgehead atoms. The molecule has 1 aromatic heterocycles. The Kier molecular flexibility index (Phi) is 5.33. The monoisotopic (exact) mass is 439 g/mol. The number of benzene rings is 3. The summed E-state index contributed by atoms with van der Waals surface area (Å²) in [6, 6.07) is 20.4. The highest BCUT2D eigenvalue weighted by molar-refractivity contribution is 5.92. The maximum atomic E-state index is 13.6. The molecule has 0 saturated heterocycles. The number of carbonyl (C=O) groups excluding carboxylic acids is 1. The van der Waals surface area contributed by atoms with Crippen LogP contribution in [0.1, 0.15) is 39.6 Å². The predicted octanol–water partition coefficient (Wildman–Crippen LogP) is 6.28. The van der Waals surface area contributed by atoms with Gasteiger partial charge in [-0.1, -0.05) is 47.5 Å². The number of aromatic nitrogens is 1. The van der Waals surface area contributed by atoms with E-state index in [1.807, 2.05) is 30.0 Å². The Morgan fingerprint density at radius 1 is 1.00 bits per heavy atom. The Morgan fingerprint density at radius 2 is 1.76 bits per heavy atom. The fraction of sp³-hybridized carbons (Fsp3) is 0.250. The number of urea groups is 1. The average Bonchev–Trinajstić information content (AvgIpc) is 3.18. The first-order valence-electron chi connectivity index (χ1n) is 11.3. The molecule has 0 saturated carbocycles. The molecule has 0 spiro atoms. The van der Waals surface area contributed by atoms with Gasteiger partial charge in [-0.2, -0.15) is 0 Å². The molecule has 1 atom stereocenters. The molecule has 5 heteroatoms. The molecule has 5 rings (SSSR count). The van der Waals surface area contributed by atoms with E-state index in [4.69, 9.17) is 4.74 Å². The number of hydrogen-bond donors (Lipinski definition) is 2. The lowest BCUT2D eigenvalue weighted by molar-refractivity contribution is 0.193. The van der Waals surface area contributed by atoms with Gasteiger partial charge < -0.3 is 19.9 Å². The van der Waals surface area contributed by atoms with Crippen molar-refractivity contribution in [1.82, 2.24) is 9.88 Å². The first-order chi connectivity index (χ1) is 15.9. The number of rotatable bonds is 3. The van der Waals surface area contributed by atoms with E-state index < -0.39 is 0 Å². The minimum Gasteiger partial charge on any atom is -0.497 e. The Labute approximate surface area is 194 Å². The van der Waals surface area contributed by atoms with Crippen molar-refractivity contribution in [1.29, 1.82) is 0 Å². The lowest BCUT2D eigenvalue weighted by Crippen LogP contribution is -2.43. The first-order valence-corrected chi connectivity index (χ1v) is 11.3. The van der Waals surface area contributed by atoms with Gasteiger partial charge in [-0.05, 0) is 68.1 Å². The molecule has 168 valence electrons. The third kappa shape index (κ3) is 3.84. The first kappa shape index (κ1) is 21.1. The van der Waals surface area contributed by atoms with Gasteiger partial charge in [-0.25, -0.2) is 4.79 Å². The van der Waals surface area contributed by atoms with Gasteiger partial charge in [0.1, 0.15) is 5.75 Å². The van der Waals surface area contributed by atoms with Crippen LogP contribution >= 0.6 is 0 Å². The van der Waals surface area contributed by atoms with E-state index in [2.05, 4.69) is 66.6 Å². The number of aryl methyl sites for hydroxylation is 3. The van der Waals surface area contributed by atoms with Gasteiger partial charge >= 0.3 is 6.03 Å². The maximum absolute atomic E-state index is 13.6. The van der Waals surface area contributed by atoms with E-state index >= 15 is 0 Å². The second-order valence-electron chi connectivity index (χ2n) is 8.93. The van der Waals surface area contributed by atoms with Gasteiger partial charge in [-0.15, -0.1) is 0 Å². The molecule has 2 heterocycles. The number of carbonyl (C=O) groups is 1. The van der Waals surface area contributed by atoms with Crippen molar-refractivity contribution in [2.24, 2.45) is 0 Å². The number of hydrogen-bond acceptors (Lipinski definition) is 2. The van der Waals surface area contributed by atoms with E-state index in [-0.39, 0.29) is 12.1 Å². The van der Waals surface area contributed by atoms with Gasteiger partial charge in [0.15, 0.2) is 0 Å². The van der Waals surface area contributed by atoms with Gasteiger partial charge in [0.05, 0.1) is 13.2 Å². The molecule has 0 aliphatic carbocycles. The van der Waals surface area contributed by atoms with Crippen LogP contribution in [-0.4, -0.2) is 29.6 Å². The Balaban J connectivity index is 1.58. The summed E-state index contributed by atoms with van der Waals surface area (Å²) in [5.74, 6) is 0.839. The van der Waals surface area contributed by atoms with Crippen molar-refractivity contribution < 1.29 is 9.53 Å². The Morgan fingerprint density at radius 3 is 2.48 bits per heavy atom. The third-order valence-corrected chi connectivity index (χ3v) is 6.61. The highest BCUT2D eigenvalue weighted by Crippen LogP contribution is 2.39. The topological polar surface area (TPSA) is 57.4 Å². The summed E-state index contributed by atoms with van der Waals surface area (Å²) in [6.07, 6.45) is 0.783. The predicted molar refractivity (Wildman–Crippen MR) is 133 cm³/mol. The van der Waals surface area contributed by atoms with Crippen molar-refractivity contribution in [3.05, 3.63) is 94.2 Å². The molecule has 2 amide bonds. The van der Waals surface area contributed by atoms with E-state index in [1.165, 1.54) is 16.7 Å². The fourth-order valence-electron chi connectivity index (χ4n) is 4.85. The number of ether oxygens (including phenoxy) is 1. The molecule has 1 aliphatic heterocycles. The van der Waals surface area contributed by atoms with E-state index in [1.54, 1.807) is 7.11 Å². The summed E-state index contributed by atoms with van der Waals surface area (Å²) >= 11 is 0. The third-order valence-electron chi connectivity index (χ3n) is 6.61. The zero-order valence-electron chi connectivity index (χ0n) is 19.5. The van der Waals surface area contributed by atoms with Crippen LogP contribution in [0.15, 0.2) is 60.7 Å². The molecule has 1 aliphatic rings. The Hall–Kier alpha value is -3.73.